The van der Waals surface area contributed by atoms with E-state index in [1.54, 1.807) is 26.0 Å². The molecule has 1 N–H and O–H groups in total. The van der Waals surface area contributed by atoms with Gasteiger partial charge < -0.3 is 10.1 Å². The van der Waals surface area contributed by atoms with Gasteiger partial charge in [-0.05, 0) is 35.0 Å². The van der Waals surface area contributed by atoms with Crippen LogP contribution in [-0.2, 0) is 9.53 Å². The lowest BCUT2D eigenvalue weighted by Crippen LogP contribution is -2.23. The fraction of sp³-hybridized carbons (Fsp3) is 0.417. The molecule has 94 valence electrons. The largest absolute Gasteiger partial charge is 0.466 e. The van der Waals surface area contributed by atoms with Crippen molar-refractivity contribution in [3.8, 4) is 0 Å². The Kier molecular flexibility index (Phi) is 5.41. The van der Waals surface area contributed by atoms with Gasteiger partial charge in [0.05, 0.1) is 18.2 Å². The van der Waals surface area contributed by atoms with Crippen LogP contribution in [0.25, 0.3) is 0 Å². The number of carbonyl (C=O) groups excluding carboxylic acids is 1. The molecule has 0 aliphatic heterocycles. The SMILES string of the molecule is CCOC(=O)C(C)CNc1c(F)cccc1Br. The van der Waals surface area contributed by atoms with Crippen LogP contribution in [0, 0.1) is 11.7 Å². The third-order valence-electron chi connectivity index (χ3n) is 2.24. The number of hydrogen-bond acceptors (Lipinski definition) is 3. The fourth-order valence-electron chi connectivity index (χ4n) is 1.29. The Labute approximate surface area is 108 Å². The number of para-hydroxylation sites is 1. The highest BCUT2D eigenvalue weighted by molar-refractivity contribution is 9.10. The maximum Gasteiger partial charge on any atom is 0.310 e. The van der Waals surface area contributed by atoms with E-state index in [0.717, 1.165) is 0 Å². The lowest BCUT2D eigenvalue weighted by atomic mass is 10.2. The number of benzene rings is 1. The fourth-order valence-corrected chi connectivity index (χ4v) is 1.77. The van der Waals surface area contributed by atoms with E-state index in [1.807, 2.05) is 0 Å². The van der Waals surface area contributed by atoms with E-state index in [9.17, 15) is 9.18 Å². The zero-order chi connectivity index (χ0) is 12.8. The Morgan fingerprint density at radius 3 is 2.88 bits per heavy atom. The predicted octanol–water partition coefficient (Wildman–Crippen LogP) is 3.20. The summed E-state index contributed by atoms with van der Waals surface area (Å²) in [5, 5.41) is 2.90. The van der Waals surface area contributed by atoms with Crippen LogP contribution in [0.1, 0.15) is 13.8 Å². The Hall–Kier alpha value is -1.10. The number of ether oxygens (including phenoxy) is 1. The molecule has 0 fully saturated rings. The van der Waals surface area contributed by atoms with Gasteiger partial charge >= 0.3 is 5.97 Å². The normalized spacial score (nSPS) is 12.0. The lowest BCUT2D eigenvalue weighted by molar-refractivity contribution is -0.146. The van der Waals surface area contributed by atoms with E-state index in [4.69, 9.17) is 4.74 Å². The molecule has 0 spiro atoms. The van der Waals surface area contributed by atoms with Gasteiger partial charge in [0.1, 0.15) is 5.82 Å². The number of rotatable bonds is 5. The van der Waals surface area contributed by atoms with Gasteiger partial charge in [-0.2, -0.15) is 0 Å². The van der Waals surface area contributed by atoms with Gasteiger partial charge in [0.15, 0.2) is 0 Å². The van der Waals surface area contributed by atoms with E-state index in [0.29, 0.717) is 23.3 Å². The predicted molar refractivity (Wildman–Crippen MR) is 68.4 cm³/mol. The quantitative estimate of drug-likeness (QED) is 0.849. The Bertz CT molecular complexity index is 378. The van der Waals surface area contributed by atoms with Gasteiger partial charge in [0.2, 0.25) is 0 Å². The van der Waals surface area contributed by atoms with Crippen molar-refractivity contribution in [2.75, 3.05) is 18.5 Å². The molecule has 0 saturated carbocycles. The number of nitrogens with one attached hydrogen (secondary N) is 1. The first-order valence-corrected chi connectivity index (χ1v) is 6.20. The van der Waals surface area contributed by atoms with Gasteiger partial charge in [-0.3, -0.25) is 4.79 Å². The van der Waals surface area contributed by atoms with Crippen LogP contribution in [-0.4, -0.2) is 19.1 Å². The Morgan fingerprint density at radius 2 is 2.29 bits per heavy atom. The lowest BCUT2D eigenvalue weighted by Gasteiger charge is -2.14. The summed E-state index contributed by atoms with van der Waals surface area (Å²) in [6.45, 7) is 4.18. The van der Waals surface area contributed by atoms with E-state index in [2.05, 4.69) is 21.2 Å². The first-order valence-electron chi connectivity index (χ1n) is 5.40. The second-order valence-corrected chi connectivity index (χ2v) is 4.48. The number of hydrogen-bond donors (Lipinski definition) is 1. The van der Waals surface area contributed by atoms with Crippen molar-refractivity contribution >= 4 is 27.6 Å². The van der Waals surface area contributed by atoms with Crippen molar-refractivity contribution < 1.29 is 13.9 Å². The minimum Gasteiger partial charge on any atom is -0.466 e. The summed E-state index contributed by atoms with van der Waals surface area (Å²) in [6, 6.07) is 4.71. The highest BCUT2D eigenvalue weighted by Gasteiger charge is 2.15. The monoisotopic (exact) mass is 303 g/mol. The number of anilines is 1. The molecular weight excluding hydrogens is 289 g/mol. The van der Waals surface area contributed by atoms with Gasteiger partial charge in [-0.1, -0.05) is 13.0 Å². The first kappa shape index (κ1) is 14.0. The molecule has 1 atom stereocenters. The summed E-state index contributed by atoms with van der Waals surface area (Å²) < 4.78 is 18.9. The second kappa shape index (κ2) is 6.59. The summed E-state index contributed by atoms with van der Waals surface area (Å²) in [6.07, 6.45) is 0. The molecule has 0 heterocycles. The standard InChI is InChI=1S/C12H15BrFNO2/c1-3-17-12(16)8(2)7-15-11-9(13)5-4-6-10(11)14/h4-6,8,15H,3,7H2,1-2H3. The van der Waals surface area contributed by atoms with Crippen LogP contribution in [0.2, 0.25) is 0 Å². The number of halogens is 2. The van der Waals surface area contributed by atoms with Crippen molar-refractivity contribution in [2.45, 2.75) is 13.8 Å². The minimum absolute atomic E-state index is 0.285. The molecule has 17 heavy (non-hydrogen) atoms. The zero-order valence-corrected chi connectivity index (χ0v) is 11.4. The van der Waals surface area contributed by atoms with Gasteiger partial charge in [0.25, 0.3) is 0 Å². The third-order valence-corrected chi connectivity index (χ3v) is 2.90. The molecular formula is C12H15BrFNO2. The summed E-state index contributed by atoms with van der Waals surface area (Å²) >= 11 is 3.25. The smallest absolute Gasteiger partial charge is 0.310 e. The second-order valence-electron chi connectivity index (χ2n) is 3.63. The van der Waals surface area contributed by atoms with E-state index < -0.39 is 0 Å². The van der Waals surface area contributed by atoms with Crippen LogP contribution >= 0.6 is 15.9 Å². The maximum atomic E-state index is 13.4. The van der Waals surface area contributed by atoms with Gasteiger partial charge in [-0.25, -0.2) is 4.39 Å². The molecule has 0 aliphatic rings. The van der Waals surface area contributed by atoms with Crippen LogP contribution in [0.4, 0.5) is 10.1 Å². The number of carbonyl (C=O) groups is 1. The molecule has 0 radical (unpaired) electrons. The molecule has 0 aliphatic carbocycles. The molecule has 5 heteroatoms. The average molecular weight is 304 g/mol. The van der Waals surface area contributed by atoms with Crippen molar-refractivity contribution in [3.05, 3.63) is 28.5 Å². The van der Waals surface area contributed by atoms with Crippen LogP contribution in [0.5, 0.6) is 0 Å². The molecule has 3 nitrogen and oxygen atoms in total. The van der Waals surface area contributed by atoms with Crippen molar-refractivity contribution in [1.29, 1.82) is 0 Å². The van der Waals surface area contributed by atoms with Crippen molar-refractivity contribution in [1.82, 2.24) is 0 Å². The summed E-state index contributed by atoms with van der Waals surface area (Å²) in [5.74, 6) is -0.954. The molecule has 0 bridgehead atoms. The first-order chi connectivity index (χ1) is 8.06. The third kappa shape index (κ3) is 4.00. The molecule has 1 aromatic carbocycles. The van der Waals surface area contributed by atoms with Crippen LogP contribution in [0.15, 0.2) is 22.7 Å². The van der Waals surface area contributed by atoms with Gasteiger partial charge in [-0.15, -0.1) is 0 Å². The van der Waals surface area contributed by atoms with Crippen LogP contribution < -0.4 is 5.32 Å². The van der Waals surface area contributed by atoms with Crippen molar-refractivity contribution in [2.24, 2.45) is 5.92 Å². The van der Waals surface area contributed by atoms with E-state index in [1.165, 1.54) is 6.07 Å². The maximum absolute atomic E-state index is 13.4. The molecule has 1 aromatic rings. The summed E-state index contributed by atoms with van der Waals surface area (Å²) in [5.41, 5.74) is 0.364. The summed E-state index contributed by atoms with van der Waals surface area (Å²) in [7, 11) is 0. The molecule has 0 amide bonds. The van der Waals surface area contributed by atoms with Gasteiger partial charge in [0, 0.05) is 11.0 Å². The average Bonchev–Trinajstić information content (AvgIpc) is 2.28. The van der Waals surface area contributed by atoms with E-state index >= 15 is 0 Å². The summed E-state index contributed by atoms with van der Waals surface area (Å²) in [4.78, 5) is 11.4. The van der Waals surface area contributed by atoms with E-state index in [-0.39, 0.29) is 17.7 Å². The Morgan fingerprint density at radius 1 is 1.59 bits per heavy atom. The highest BCUT2D eigenvalue weighted by atomic mass is 79.9. The molecule has 1 rings (SSSR count). The molecule has 1 unspecified atom stereocenters. The van der Waals surface area contributed by atoms with Crippen LogP contribution in [0.3, 0.4) is 0 Å². The minimum atomic E-state index is -0.351. The van der Waals surface area contributed by atoms with Crippen molar-refractivity contribution in [3.63, 3.8) is 0 Å². The number of esters is 1. The molecule has 0 aromatic heterocycles. The molecule has 0 saturated heterocycles. The zero-order valence-electron chi connectivity index (χ0n) is 9.80. The Balaban J connectivity index is 2.58. The highest BCUT2D eigenvalue weighted by Crippen LogP contribution is 2.25. The topological polar surface area (TPSA) is 38.3 Å².